The minimum atomic E-state index is -0.453. The first-order valence-corrected chi connectivity index (χ1v) is 8.42. The van der Waals surface area contributed by atoms with Gasteiger partial charge in [-0.25, -0.2) is 4.79 Å². The van der Waals surface area contributed by atoms with Crippen molar-refractivity contribution in [3.05, 3.63) is 65.4 Å². The standard InChI is InChI=1S/C21H22O5/c1-23-17-10-6-4-8-14(17)15-12-13-26-20(15)19(21(22)25-3)16-9-5-7-11-18(16)24-2/h4-11,15H,12-13H2,1-3H3/b20-19+. The molecule has 0 N–H and O–H groups in total. The van der Waals surface area contributed by atoms with E-state index in [0.717, 1.165) is 17.7 Å². The smallest absolute Gasteiger partial charge is 0.342 e. The Bertz CT molecular complexity index is 825. The Kier molecular flexibility index (Phi) is 5.46. The molecule has 1 aliphatic rings. The van der Waals surface area contributed by atoms with Crippen LogP contribution in [0.25, 0.3) is 5.57 Å². The van der Waals surface area contributed by atoms with Crippen molar-refractivity contribution < 1.29 is 23.7 Å². The summed E-state index contributed by atoms with van der Waals surface area (Å²) in [5, 5.41) is 0. The van der Waals surface area contributed by atoms with Gasteiger partial charge in [0.2, 0.25) is 0 Å². The van der Waals surface area contributed by atoms with E-state index in [4.69, 9.17) is 18.9 Å². The van der Waals surface area contributed by atoms with Crippen molar-refractivity contribution in [3.8, 4) is 11.5 Å². The van der Waals surface area contributed by atoms with Crippen LogP contribution in [-0.2, 0) is 14.3 Å². The molecule has 5 heteroatoms. The maximum absolute atomic E-state index is 12.7. The zero-order valence-electron chi connectivity index (χ0n) is 15.2. The molecule has 0 radical (unpaired) electrons. The average molecular weight is 354 g/mol. The monoisotopic (exact) mass is 354 g/mol. The highest BCUT2D eigenvalue weighted by molar-refractivity contribution is 6.18. The zero-order valence-corrected chi connectivity index (χ0v) is 15.2. The van der Waals surface area contributed by atoms with Crippen LogP contribution in [0.1, 0.15) is 23.5 Å². The molecular weight excluding hydrogens is 332 g/mol. The predicted octanol–water partition coefficient (Wildman–Crippen LogP) is 3.79. The van der Waals surface area contributed by atoms with Crippen molar-refractivity contribution in [2.75, 3.05) is 27.9 Å². The van der Waals surface area contributed by atoms with Crippen LogP contribution in [0.4, 0.5) is 0 Å². The molecule has 1 unspecified atom stereocenters. The number of methoxy groups -OCH3 is 3. The van der Waals surface area contributed by atoms with E-state index in [1.165, 1.54) is 7.11 Å². The van der Waals surface area contributed by atoms with Crippen molar-refractivity contribution in [1.82, 2.24) is 0 Å². The van der Waals surface area contributed by atoms with E-state index in [2.05, 4.69) is 0 Å². The number of carbonyl (C=O) groups excluding carboxylic acids is 1. The Morgan fingerprint density at radius 3 is 2.31 bits per heavy atom. The Labute approximate surface area is 153 Å². The van der Waals surface area contributed by atoms with Gasteiger partial charge < -0.3 is 18.9 Å². The Hall–Kier alpha value is -2.95. The van der Waals surface area contributed by atoms with Crippen LogP contribution in [0.15, 0.2) is 54.3 Å². The highest BCUT2D eigenvalue weighted by atomic mass is 16.5. The van der Waals surface area contributed by atoms with Crippen LogP contribution in [0.3, 0.4) is 0 Å². The summed E-state index contributed by atoms with van der Waals surface area (Å²) in [7, 11) is 4.58. The molecule has 1 heterocycles. The number of hydrogen-bond acceptors (Lipinski definition) is 5. The summed E-state index contributed by atoms with van der Waals surface area (Å²) in [5.74, 6) is 1.40. The van der Waals surface area contributed by atoms with E-state index in [-0.39, 0.29) is 5.92 Å². The topological polar surface area (TPSA) is 54.0 Å². The van der Waals surface area contributed by atoms with Crippen molar-refractivity contribution in [2.45, 2.75) is 12.3 Å². The molecule has 1 atom stereocenters. The average Bonchev–Trinajstić information content (AvgIpc) is 3.17. The van der Waals surface area contributed by atoms with Gasteiger partial charge in [0.1, 0.15) is 22.8 Å². The van der Waals surface area contributed by atoms with Crippen LogP contribution < -0.4 is 9.47 Å². The minimum absolute atomic E-state index is 0.0924. The van der Waals surface area contributed by atoms with Crippen molar-refractivity contribution >= 4 is 11.5 Å². The van der Waals surface area contributed by atoms with Gasteiger partial charge in [0.15, 0.2) is 0 Å². The summed E-state index contributed by atoms with van der Waals surface area (Å²) in [6.07, 6.45) is 0.755. The molecule has 5 nitrogen and oxygen atoms in total. The number of hydrogen-bond donors (Lipinski definition) is 0. The van der Waals surface area contributed by atoms with E-state index in [1.807, 2.05) is 48.5 Å². The summed E-state index contributed by atoms with van der Waals surface area (Å²) in [5.41, 5.74) is 2.02. The molecule has 3 rings (SSSR count). The molecule has 2 aromatic carbocycles. The summed E-state index contributed by atoms with van der Waals surface area (Å²) in [4.78, 5) is 12.7. The van der Waals surface area contributed by atoms with E-state index in [9.17, 15) is 4.79 Å². The third-order valence-electron chi connectivity index (χ3n) is 4.51. The van der Waals surface area contributed by atoms with Gasteiger partial charge >= 0.3 is 5.97 Å². The summed E-state index contributed by atoms with van der Waals surface area (Å²) < 4.78 is 21.9. The molecule has 0 aromatic heterocycles. The molecule has 0 saturated carbocycles. The van der Waals surface area contributed by atoms with Crippen LogP contribution in [-0.4, -0.2) is 33.9 Å². The molecule has 0 amide bonds. The number of ether oxygens (including phenoxy) is 4. The number of benzene rings is 2. The summed E-state index contributed by atoms with van der Waals surface area (Å²) >= 11 is 0. The van der Waals surface area contributed by atoms with Gasteiger partial charge in [-0.05, 0) is 18.6 Å². The third kappa shape index (κ3) is 3.25. The number of para-hydroxylation sites is 2. The van der Waals surface area contributed by atoms with E-state index < -0.39 is 5.97 Å². The largest absolute Gasteiger partial charge is 0.496 e. The lowest BCUT2D eigenvalue weighted by molar-refractivity contribution is -0.133. The second-order valence-corrected chi connectivity index (χ2v) is 5.86. The van der Waals surface area contributed by atoms with E-state index >= 15 is 0 Å². The quantitative estimate of drug-likeness (QED) is 0.604. The molecule has 0 aliphatic carbocycles. The second-order valence-electron chi connectivity index (χ2n) is 5.86. The summed E-state index contributed by atoms with van der Waals surface area (Å²) in [6, 6.07) is 15.1. The van der Waals surface area contributed by atoms with Crippen LogP contribution in [0, 0.1) is 0 Å². The number of carbonyl (C=O) groups is 1. The van der Waals surface area contributed by atoms with Gasteiger partial charge in [-0.3, -0.25) is 0 Å². The van der Waals surface area contributed by atoms with Gasteiger partial charge in [0, 0.05) is 17.0 Å². The maximum Gasteiger partial charge on any atom is 0.342 e. The highest BCUT2D eigenvalue weighted by Crippen LogP contribution is 2.43. The van der Waals surface area contributed by atoms with E-state index in [0.29, 0.717) is 29.3 Å². The Morgan fingerprint density at radius 1 is 0.962 bits per heavy atom. The third-order valence-corrected chi connectivity index (χ3v) is 4.51. The number of rotatable bonds is 5. The highest BCUT2D eigenvalue weighted by Gasteiger charge is 2.34. The first-order valence-electron chi connectivity index (χ1n) is 8.42. The number of allylic oxidation sites excluding steroid dienone is 1. The fraction of sp³-hybridized carbons (Fsp3) is 0.286. The lowest BCUT2D eigenvalue weighted by Gasteiger charge is -2.18. The van der Waals surface area contributed by atoms with Crippen molar-refractivity contribution in [2.24, 2.45) is 0 Å². The van der Waals surface area contributed by atoms with Crippen molar-refractivity contribution in [3.63, 3.8) is 0 Å². The van der Waals surface area contributed by atoms with Crippen molar-refractivity contribution in [1.29, 1.82) is 0 Å². The minimum Gasteiger partial charge on any atom is -0.496 e. The fourth-order valence-electron chi connectivity index (χ4n) is 3.31. The van der Waals surface area contributed by atoms with Gasteiger partial charge in [0.05, 0.1) is 27.9 Å². The molecule has 26 heavy (non-hydrogen) atoms. The molecular formula is C21H22O5. The molecule has 1 fully saturated rings. The second kappa shape index (κ2) is 7.95. The molecule has 0 bridgehead atoms. The van der Waals surface area contributed by atoms with Gasteiger partial charge in [0.25, 0.3) is 0 Å². The van der Waals surface area contributed by atoms with Crippen LogP contribution >= 0.6 is 0 Å². The van der Waals surface area contributed by atoms with Crippen LogP contribution in [0.2, 0.25) is 0 Å². The lowest BCUT2D eigenvalue weighted by atomic mass is 9.90. The Balaban J connectivity index is 2.20. The molecule has 2 aromatic rings. The fourth-order valence-corrected chi connectivity index (χ4v) is 3.31. The molecule has 1 aliphatic heterocycles. The predicted molar refractivity (Wildman–Crippen MR) is 98.2 cm³/mol. The number of esters is 1. The Morgan fingerprint density at radius 2 is 1.62 bits per heavy atom. The normalized spacial score (nSPS) is 18.0. The van der Waals surface area contributed by atoms with Gasteiger partial charge in [-0.2, -0.15) is 0 Å². The van der Waals surface area contributed by atoms with Gasteiger partial charge in [-0.15, -0.1) is 0 Å². The molecule has 1 saturated heterocycles. The maximum atomic E-state index is 12.7. The van der Waals surface area contributed by atoms with E-state index in [1.54, 1.807) is 14.2 Å². The first kappa shape index (κ1) is 17.9. The SMILES string of the molecule is COC(=O)/C(=C1/OCCC1c1ccccc1OC)c1ccccc1OC. The lowest BCUT2D eigenvalue weighted by Crippen LogP contribution is -2.11. The van der Waals surface area contributed by atoms with Gasteiger partial charge in [-0.1, -0.05) is 36.4 Å². The summed E-state index contributed by atoms with van der Waals surface area (Å²) in [6.45, 7) is 0.522. The van der Waals surface area contributed by atoms with Crippen LogP contribution in [0.5, 0.6) is 11.5 Å². The molecule has 136 valence electrons. The zero-order chi connectivity index (χ0) is 18.5. The first-order chi connectivity index (χ1) is 12.7. The molecule has 0 spiro atoms.